The Morgan fingerprint density at radius 3 is 2.48 bits per heavy atom. The molecule has 0 unspecified atom stereocenters. The first-order valence-electron chi connectivity index (χ1n) is 7.95. The van der Waals surface area contributed by atoms with Gasteiger partial charge in [-0.1, -0.05) is 24.3 Å². The second kappa shape index (κ2) is 7.57. The normalized spacial score (nSPS) is 17.4. The second-order valence-corrected chi connectivity index (χ2v) is 8.59. The number of hydrogen-bond acceptors (Lipinski definition) is 4. The zero-order chi connectivity index (χ0) is 16.1. The molecule has 1 fully saturated rings. The van der Waals surface area contributed by atoms with E-state index in [0.717, 1.165) is 32.5 Å². The van der Waals surface area contributed by atoms with Crippen LogP contribution in [-0.4, -0.2) is 39.5 Å². The molecule has 0 bridgehead atoms. The van der Waals surface area contributed by atoms with Gasteiger partial charge in [0.15, 0.2) is 0 Å². The van der Waals surface area contributed by atoms with Gasteiger partial charge in [-0.25, -0.2) is 13.1 Å². The fourth-order valence-corrected chi connectivity index (χ4v) is 4.93. The Hall–Kier alpha value is -1.21. The van der Waals surface area contributed by atoms with Crippen molar-refractivity contribution in [1.29, 1.82) is 0 Å². The van der Waals surface area contributed by atoms with Gasteiger partial charge < -0.3 is 4.90 Å². The minimum absolute atomic E-state index is 0.330. The predicted molar refractivity (Wildman–Crippen MR) is 94.4 cm³/mol. The first-order valence-corrected chi connectivity index (χ1v) is 10.3. The van der Waals surface area contributed by atoms with Gasteiger partial charge in [-0.2, -0.15) is 0 Å². The van der Waals surface area contributed by atoms with Crippen molar-refractivity contribution in [2.24, 2.45) is 0 Å². The predicted octanol–water partition coefficient (Wildman–Crippen LogP) is 2.91. The summed E-state index contributed by atoms with van der Waals surface area (Å²) in [5, 5.41) is 2.14. The first kappa shape index (κ1) is 16.6. The number of piperidine rings is 1. The summed E-state index contributed by atoms with van der Waals surface area (Å²) in [5.74, 6) is 0.673. The van der Waals surface area contributed by atoms with Crippen LogP contribution < -0.4 is 4.72 Å². The van der Waals surface area contributed by atoms with Crippen molar-refractivity contribution in [2.45, 2.75) is 23.7 Å². The number of benzene rings is 1. The Morgan fingerprint density at radius 1 is 1.09 bits per heavy atom. The van der Waals surface area contributed by atoms with Crippen LogP contribution >= 0.6 is 11.3 Å². The molecule has 124 valence electrons. The molecule has 1 aliphatic rings. The molecule has 2 heterocycles. The molecule has 1 N–H and O–H groups in total. The van der Waals surface area contributed by atoms with E-state index in [1.54, 1.807) is 24.3 Å². The van der Waals surface area contributed by atoms with Gasteiger partial charge in [-0.05, 0) is 55.4 Å². The molecule has 3 rings (SSSR count). The van der Waals surface area contributed by atoms with Gasteiger partial charge in [0.2, 0.25) is 10.0 Å². The minimum Gasteiger partial charge on any atom is -0.302 e. The highest BCUT2D eigenvalue weighted by molar-refractivity contribution is 7.89. The van der Waals surface area contributed by atoms with Crippen molar-refractivity contribution >= 4 is 21.4 Å². The van der Waals surface area contributed by atoms with Crippen molar-refractivity contribution in [3.05, 3.63) is 52.7 Å². The van der Waals surface area contributed by atoms with E-state index in [4.69, 9.17) is 0 Å². The summed E-state index contributed by atoms with van der Waals surface area (Å²) < 4.78 is 27.0. The Bertz CT molecular complexity index is 691. The average Bonchev–Trinajstić information content (AvgIpc) is 3.11. The quantitative estimate of drug-likeness (QED) is 0.871. The van der Waals surface area contributed by atoms with Gasteiger partial charge >= 0.3 is 0 Å². The molecule has 23 heavy (non-hydrogen) atoms. The smallest absolute Gasteiger partial charge is 0.240 e. The van der Waals surface area contributed by atoms with Crippen LogP contribution in [0.2, 0.25) is 0 Å². The molecule has 4 nitrogen and oxygen atoms in total. The molecule has 0 aliphatic carbocycles. The zero-order valence-corrected chi connectivity index (χ0v) is 14.7. The Labute approximate surface area is 142 Å². The monoisotopic (exact) mass is 350 g/mol. The summed E-state index contributed by atoms with van der Waals surface area (Å²) in [6, 6.07) is 12.9. The number of nitrogens with one attached hydrogen (secondary N) is 1. The van der Waals surface area contributed by atoms with E-state index in [0.29, 0.717) is 17.4 Å². The SMILES string of the molecule is O=S(=O)(NCCN1CCC(c2cccs2)CC1)c1ccccc1. The molecule has 6 heteroatoms. The summed E-state index contributed by atoms with van der Waals surface area (Å²) in [6.45, 7) is 3.30. The van der Waals surface area contributed by atoms with Crippen molar-refractivity contribution in [3.63, 3.8) is 0 Å². The molecule has 0 saturated carbocycles. The van der Waals surface area contributed by atoms with Gasteiger partial charge in [0.25, 0.3) is 0 Å². The van der Waals surface area contributed by atoms with E-state index < -0.39 is 10.0 Å². The lowest BCUT2D eigenvalue weighted by atomic mass is 9.95. The standard InChI is InChI=1S/C17H22N2O2S2/c20-23(21,16-5-2-1-3-6-16)18-10-13-19-11-8-15(9-12-19)17-7-4-14-22-17/h1-7,14-15,18H,8-13H2. The van der Waals surface area contributed by atoms with Crippen LogP contribution in [0.1, 0.15) is 23.6 Å². The van der Waals surface area contributed by atoms with Gasteiger partial charge in [0.05, 0.1) is 4.90 Å². The zero-order valence-electron chi connectivity index (χ0n) is 13.0. The topological polar surface area (TPSA) is 49.4 Å². The number of likely N-dealkylation sites (tertiary alicyclic amines) is 1. The number of sulfonamides is 1. The van der Waals surface area contributed by atoms with E-state index >= 15 is 0 Å². The van der Waals surface area contributed by atoms with Gasteiger partial charge in [-0.15, -0.1) is 11.3 Å². The molecule has 1 aliphatic heterocycles. The van der Waals surface area contributed by atoms with E-state index in [9.17, 15) is 8.42 Å². The molecule has 1 aromatic carbocycles. The summed E-state index contributed by atoms with van der Waals surface area (Å²) in [4.78, 5) is 4.16. The largest absolute Gasteiger partial charge is 0.302 e. The summed E-state index contributed by atoms with van der Waals surface area (Å²) >= 11 is 1.84. The maximum Gasteiger partial charge on any atom is 0.240 e. The maximum atomic E-state index is 12.2. The van der Waals surface area contributed by atoms with Crippen LogP contribution in [-0.2, 0) is 10.0 Å². The molecular formula is C17H22N2O2S2. The molecular weight excluding hydrogens is 328 g/mol. The van der Waals surface area contributed by atoms with Crippen LogP contribution in [0.5, 0.6) is 0 Å². The number of rotatable bonds is 6. The maximum absolute atomic E-state index is 12.2. The number of nitrogens with zero attached hydrogens (tertiary/aromatic N) is 1. The molecule has 2 aromatic rings. The molecule has 0 radical (unpaired) electrons. The van der Waals surface area contributed by atoms with E-state index in [-0.39, 0.29) is 0 Å². The Morgan fingerprint density at radius 2 is 1.83 bits per heavy atom. The van der Waals surface area contributed by atoms with Crippen LogP contribution in [0.25, 0.3) is 0 Å². The van der Waals surface area contributed by atoms with E-state index in [1.165, 1.54) is 4.88 Å². The third-order valence-corrected chi connectivity index (χ3v) is 6.82. The summed E-state index contributed by atoms with van der Waals surface area (Å²) in [5.41, 5.74) is 0. The van der Waals surface area contributed by atoms with Crippen LogP contribution in [0, 0.1) is 0 Å². The molecule has 1 aromatic heterocycles. The first-order chi connectivity index (χ1) is 11.1. The molecule has 0 atom stereocenters. The van der Waals surface area contributed by atoms with Crippen molar-refractivity contribution in [1.82, 2.24) is 9.62 Å². The molecule has 0 amide bonds. The Kier molecular flexibility index (Phi) is 5.48. The van der Waals surface area contributed by atoms with Gasteiger partial charge in [0.1, 0.15) is 0 Å². The van der Waals surface area contributed by atoms with Gasteiger partial charge in [0, 0.05) is 18.0 Å². The summed E-state index contributed by atoms with van der Waals surface area (Å²) in [6.07, 6.45) is 2.32. The van der Waals surface area contributed by atoms with Crippen LogP contribution in [0.4, 0.5) is 0 Å². The molecule has 0 spiro atoms. The third-order valence-electron chi connectivity index (χ3n) is 4.31. The third kappa shape index (κ3) is 4.41. The van der Waals surface area contributed by atoms with E-state index in [1.807, 2.05) is 17.4 Å². The highest BCUT2D eigenvalue weighted by atomic mass is 32.2. The lowest BCUT2D eigenvalue weighted by Crippen LogP contribution is -2.39. The fourth-order valence-electron chi connectivity index (χ4n) is 2.99. The minimum atomic E-state index is -3.38. The molecule has 1 saturated heterocycles. The van der Waals surface area contributed by atoms with Crippen LogP contribution in [0.3, 0.4) is 0 Å². The van der Waals surface area contributed by atoms with Crippen LogP contribution in [0.15, 0.2) is 52.7 Å². The lowest BCUT2D eigenvalue weighted by molar-refractivity contribution is 0.217. The average molecular weight is 351 g/mol. The Balaban J connectivity index is 1.44. The second-order valence-electron chi connectivity index (χ2n) is 5.84. The van der Waals surface area contributed by atoms with Crippen molar-refractivity contribution < 1.29 is 8.42 Å². The lowest BCUT2D eigenvalue weighted by Gasteiger charge is -2.31. The number of thiophene rings is 1. The fraction of sp³-hybridized carbons (Fsp3) is 0.412. The van der Waals surface area contributed by atoms with Crippen molar-refractivity contribution in [2.75, 3.05) is 26.2 Å². The van der Waals surface area contributed by atoms with E-state index in [2.05, 4.69) is 27.1 Å². The van der Waals surface area contributed by atoms with Gasteiger partial charge in [-0.3, -0.25) is 0 Å². The summed E-state index contributed by atoms with van der Waals surface area (Å²) in [7, 11) is -3.38. The van der Waals surface area contributed by atoms with Crippen molar-refractivity contribution in [3.8, 4) is 0 Å². The highest BCUT2D eigenvalue weighted by Crippen LogP contribution is 2.30. The highest BCUT2D eigenvalue weighted by Gasteiger charge is 2.21. The number of hydrogen-bond donors (Lipinski definition) is 1.